The molecule has 0 aromatic carbocycles. The molecule has 1 aromatic heterocycles. The Labute approximate surface area is 109 Å². The number of nitrogens with zero attached hydrogens (tertiary/aromatic N) is 2. The molecule has 8 nitrogen and oxygen atoms in total. The van der Waals surface area contributed by atoms with Gasteiger partial charge in [0.15, 0.2) is 0 Å². The predicted molar refractivity (Wildman–Crippen MR) is 65.2 cm³/mol. The second-order valence-corrected chi connectivity index (χ2v) is 4.39. The molecule has 1 aromatic rings. The molecule has 3 atom stereocenters. The predicted octanol–water partition coefficient (Wildman–Crippen LogP) is -1.39. The van der Waals surface area contributed by atoms with Crippen molar-refractivity contribution < 1.29 is 19.7 Å². The molecular formula is C11H17N3O5. The van der Waals surface area contributed by atoms with E-state index < -0.39 is 24.1 Å². The number of aliphatic hydroxyl groups is 2. The Morgan fingerprint density at radius 1 is 1.68 bits per heavy atom. The summed E-state index contributed by atoms with van der Waals surface area (Å²) in [6.07, 6.45) is -0.455. The summed E-state index contributed by atoms with van der Waals surface area (Å²) in [5.41, 5.74) is 5.62. The van der Waals surface area contributed by atoms with Crippen molar-refractivity contribution in [3.05, 3.63) is 22.2 Å². The van der Waals surface area contributed by atoms with Crippen LogP contribution in [0.5, 0.6) is 0 Å². The van der Waals surface area contributed by atoms with Gasteiger partial charge in [0, 0.05) is 25.3 Å². The molecule has 0 amide bonds. The second-order valence-electron chi connectivity index (χ2n) is 4.39. The zero-order chi connectivity index (χ0) is 14.0. The van der Waals surface area contributed by atoms with Gasteiger partial charge in [-0.05, 0) is 0 Å². The Hall–Kier alpha value is -1.48. The van der Waals surface area contributed by atoms with Crippen LogP contribution in [0.4, 0.5) is 5.82 Å². The smallest absolute Gasteiger partial charge is 0.351 e. The topological polar surface area (TPSA) is 120 Å². The van der Waals surface area contributed by atoms with Gasteiger partial charge in [-0.15, -0.1) is 0 Å². The second kappa shape index (κ2) is 5.66. The highest BCUT2D eigenvalue weighted by molar-refractivity contribution is 5.36. The lowest BCUT2D eigenvalue weighted by atomic mass is 10.2. The molecule has 4 N–H and O–H groups in total. The van der Waals surface area contributed by atoms with Gasteiger partial charge < -0.3 is 25.4 Å². The van der Waals surface area contributed by atoms with E-state index in [9.17, 15) is 9.90 Å². The third-order valence-corrected chi connectivity index (χ3v) is 3.06. The van der Waals surface area contributed by atoms with E-state index in [1.54, 1.807) is 0 Å². The Bertz CT molecular complexity index is 504. The van der Waals surface area contributed by atoms with Crippen LogP contribution in [0.15, 0.2) is 11.0 Å². The maximum Gasteiger partial charge on any atom is 0.351 e. The number of aromatic nitrogens is 2. The van der Waals surface area contributed by atoms with Gasteiger partial charge in [-0.2, -0.15) is 4.98 Å². The van der Waals surface area contributed by atoms with Gasteiger partial charge in [-0.1, -0.05) is 0 Å². The average molecular weight is 271 g/mol. The number of nitrogens with two attached hydrogens (primary N) is 1. The monoisotopic (exact) mass is 271 g/mol. The SMILES string of the molecule is COCc1cn([C@H]2C[C@H](O)[C@@H](CO)O2)c(=O)nc1N. The van der Waals surface area contributed by atoms with Crippen molar-refractivity contribution in [2.24, 2.45) is 0 Å². The van der Waals surface area contributed by atoms with Gasteiger partial charge in [0.25, 0.3) is 0 Å². The minimum Gasteiger partial charge on any atom is -0.394 e. The lowest BCUT2D eigenvalue weighted by Crippen LogP contribution is -2.29. The maximum atomic E-state index is 11.8. The van der Waals surface area contributed by atoms with E-state index in [0.29, 0.717) is 5.56 Å². The third kappa shape index (κ3) is 2.76. The first kappa shape index (κ1) is 13.9. The molecule has 1 saturated heterocycles. The Morgan fingerprint density at radius 2 is 2.42 bits per heavy atom. The molecule has 0 spiro atoms. The molecule has 1 aliphatic rings. The number of rotatable bonds is 4. The summed E-state index contributed by atoms with van der Waals surface area (Å²) in [6, 6.07) is 0. The highest BCUT2D eigenvalue weighted by Crippen LogP contribution is 2.27. The van der Waals surface area contributed by atoms with Crippen LogP contribution < -0.4 is 11.4 Å². The van der Waals surface area contributed by atoms with Crippen molar-refractivity contribution >= 4 is 5.82 Å². The molecule has 0 radical (unpaired) electrons. The number of hydrogen-bond donors (Lipinski definition) is 3. The number of methoxy groups -OCH3 is 1. The zero-order valence-corrected chi connectivity index (χ0v) is 10.5. The van der Waals surface area contributed by atoms with Gasteiger partial charge in [0.2, 0.25) is 0 Å². The number of aliphatic hydroxyl groups excluding tert-OH is 2. The molecule has 0 bridgehead atoms. The lowest BCUT2D eigenvalue weighted by Gasteiger charge is -2.16. The summed E-state index contributed by atoms with van der Waals surface area (Å²) >= 11 is 0. The van der Waals surface area contributed by atoms with Crippen LogP contribution in [0.25, 0.3) is 0 Å². The summed E-state index contributed by atoms with van der Waals surface area (Å²) in [5.74, 6) is 0.111. The van der Waals surface area contributed by atoms with Crippen LogP contribution in [0, 0.1) is 0 Å². The van der Waals surface area contributed by atoms with E-state index in [4.69, 9.17) is 20.3 Å². The number of nitrogen functional groups attached to an aromatic ring is 1. The lowest BCUT2D eigenvalue weighted by molar-refractivity contribution is -0.0460. The first-order valence-electron chi connectivity index (χ1n) is 5.87. The fourth-order valence-corrected chi connectivity index (χ4v) is 2.05. The van der Waals surface area contributed by atoms with Gasteiger partial charge >= 0.3 is 5.69 Å². The summed E-state index contributed by atoms with van der Waals surface area (Å²) in [4.78, 5) is 15.5. The molecule has 0 saturated carbocycles. The van der Waals surface area contributed by atoms with Crippen LogP contribution in [0.2, 0.25) is 0 Å². The van der Waals surface area contributed by atoms with Crippen LogP contribution in [0.1, 0.15) is 18.2 Å². The fourth-order valence-electron chi connectivity index (χ4n) is 2.05. The molecule has 19 heavy (non-hydrogen) atoms. The average Bonchev–Trinajstić information content (AvgIpc) is 2.74. The number of hydrogen-bond acceptors (Lipinski definition) is 7. The summed E-state index contributed by atoms with van der Waals surface area (Å²) in [5, 5.41) is 18.7. The quantitative estimate of drug-likeness (QED) is 0.616. The van der Waals surface area contributed by atoms with Gasteiger partial charge in [-0.3, -0.25) is 4.57 Å². The van der Waals surface area contributed by atoms with E-state index in [-0.39, 0.29) is 25.5 Å². The molecule has 1 fully saturated rings. The van der Waals surface area contributed by atoms with Crippen molar-refractivity contribution in [1.29, 1.82) is 0 Å². The number of ether oxygens (including phenoxy) is 2. The fraction of sp³-hybridized carbons (Fsp3) is 0.636. The summed E-state index contributed by atoms with van der Waals surface area (Å²) in [7, 11) is 1.51. The Balaban J connectivity index is 2.30. The summed E-state index contributed by atoms with van der Waals surface area (Å²) in [6.45, 7) is -0.0858. The van der Waals surface area contributed by atoms with Crippen LogP contribution in [-0.2, 0) is 16.1 Å². The molecule has 8 heteroatoms. The van der Waals surface area contributed by atoms with Crippen molar-refractivity contribution in [3.63, 3.8) is 0 Å². The van der Waals surface area contributed by atoms with Crippen LogP contribution >= 0.6 is 0 Å². The molecular weight excluding hydrogens is 254 g/mol. The minimum absolute atomic E-state index is 0.111. The third-order valence-electron chi connectivity index (χ3n) is 3.06. The van der Waals surface area contributed by atoms with E-state index in [2.05, 4.69) is 4.98 Å². The summed E-state index contributed by atoms with van der Waals surface area (Å²) < 4.78 is 11.6. The maximum absolute atomic E-state index is 11.8. The standard InChI is InChI=1S/C11H17N3O5/c1-18-5-6-3-14(11(17)13-10(6)12)9-2-7(16)8(4-15)19-9/h3,7-9,15-16H,2,4-5H2,1H3,(H2,12,13,17)/t7-,8+,9+/m0/s1. The highest BCUT2D eigenvalue weighted by Gasteiger charge is 2.35. The van der Waals surface area contributed by atoms with Crippen molar-refractivity contribution in [3.8, 4) is 0 Å². The molecule has 1 aliphatic heterocycles. The van der Waals surface area contributed by atoms with Gasteiger partial charge in [-0.25, -0.2) is 4.79 Å². The highest BCUT2D eigenvalue weighted by atomic mass is 16.5. The van der Waals surface area contributed by atoms with Crippen LogP contribution in [0.3, 0.4) is 0 Å². The van der Waals surface area contributed by atoms with E-state index >= 15 is 0 Å². The minimum atomic E-state index is -0.815. The Morgan fingerprint density at radius 3 is 3.00 bits per heavy atom. The van der Waals surface area contributed by atoms with E-state index in [0.717, 1.165) is 0 Å². The van der Waals surface area contributed by atoms with Crippen molar-refractivity contribution in [2.75, 3.05) is 19.5 Å². The molecule has 2 rings (SSSR count). The van der Waals surface area contributed by atoms with E-state index in [1.807, 2.05) is 0 Å². The Kier molecular flexibility index (Phi) is 4.15. The largest absolute Gasteiger partial charge is 0.394 e. The molecule has 106 valence electrons. The first-order valence-corrected chi connectivity index (χ1v) is 5.87. The zero-order valence-electron chi connectivity index (χ0n) is 10.5. The number of anilines is 1. The van der Waals surface area contributed by atoms with E-state index in [1.165, 1.54) is 17.9 Å². The first-order chi connectivity index (χ1) is 9.06. The normalized spacial score (nSPS) is 26.8. The van der Waals surface area contributed by atoms with Crippen molar-refractivity contribution in [1.82, 2.24) is 9.55 Å². The molecule has 0 unspecified atom stereocenters. The van der Waals surface area contributed by atoms with Crippen LogP contribution in [-0.4, -0.2) is 45.7 Å². The van der Waals surface area contributed by atoms with Crippen molar-refractivity contribution in [2.45, 2.75) is 31.5 Å². The van der Waals surface area contributed by atoms with Gasteiger partial charge in [0.05, 0.1) is 19.3 Å². The van der Waals surface area contributed by atoms with Gasteiger partial charge in [0.1, 0.15) is 18.1 Å². The molecule has 0 aliphatic carbocycles. The molecule has 2 heterocycles.